The number of para-hydroxylation sites is 1. The number of carbonyl (C=O) groups excluding carboxylic acids is 1. The summed E-state index contributed by atoms with van der Waals surface area (Å²) >= 11 is 0. The average molecular weight is 415 g/mol. The van der Waals surface area contributed by atoms with Crippen molar-refractivity contribution in [1.29, 1.82) is 0 Å². The summed E-state index contributed by atoms with van der Waals surface area (Å²) in [5.74, 6) is -0.258. The van der Waals surface area contributed by atoms with Crippen LogP contribution in [0.1, 0.15) is 17.4 Å². The quantitative estimate of drug-likeness (QED) is 0.639. The summed E-state index contributed by atoms with van der Waals surface area (Å²) in [5.41, 5.74) is 5.06. The number of amides is 1. The maximum Gasteiger partial charge on any atom is 0.274 e. The van der Waals surface area contributed by atoms with E-state index in [0.29, 0.717) is 11.4 Å². The van der Waals surface area contributed by atoms with Gasteiger partial charge in [0.25, 0.3) is 5.91 Å². The molecule has 2 heterocycles. The fourth-order valence-electron chi connectivity index (χ4n) is 3.71. The normalized spacial score (nSPS) is 14.9. The van der Waals surface area contributed by atoms with Gasteiger partial charge in [0, 0.05) is 43.0 Å². The predicted molar refractivity (Wildman–Crippen MR) is 126 cm³/mol. The number of carbonyl (C=O) groups is 1. The smallest absolute Gasteiger partial charge is 0.274 e. The molecule has 0 radical (unpaired) electrons. The zero-order valence-corrected chi connectivity index (χ0v) is 17.8. The third-order valence-electron chi connectivity index (χ3n) is 5.32. The molecule has 31 heavy (non-hydrogen) atoms. The van der Waals surface area contributed by atoms with Crippen LogP contribution in [0.2, 0.25) is 0 Å². The topological polar surface area (TPSA) is 66.8 Å². The standard InChI is InChI=1S/C25H26N4O2/c1-3-20(17-26-2)27-25(30)23-11-10-18-6-5-9-22(24(18)28-23)19-7-4-8-21(16-19)29-12-14-31-15-13-29/h3-11,16-17H,12-15H2,1-2H3,(H,27,30). The average Bonchev–Trinajstić information content (AvgIpc) is 2.83. The van der Waals surface area contributed by atoms with Crippen molar-refractivity contribution in [1.82, 2.24) is 10.3 Å². The number of nitrogens with one attached hydrogen (secondary N) is 1. The Morgan fingerprint density at radius 1 is 1.13 bits per heavy atom. The van der Waals surface area contributed by atoms with E-state index >= 15 is 0 Å². The number of allylic oxidation sites excluding steroid dienone is 2. The number of morpholine rings is 1. The summed E-state index contributed by atoms with van der Waals surface area (Å²) in [4.78, 5) is 23.8. The van der Waals surface area contributed by atoms with Crippen LogP contribution in [0.4, 0.5) is 5.69 Å². The molecule has 3 aromatic rings. The van der Waals surface area contributed by atoms with E-state index in [1.165, 1.54) is 5.69 Å². The van der Waals surface area contributed by atoms with E-state index in [-0.39, 0.29) is 5.91 Å². The molecule has 0 unspecified atom stereocenters. The molecule has 6 nitrogen and oxygen atoms in total. The van der Waals surface area contributed by atoms with Crippen molar-refractivity contribution in [3.05, 3.63) is 72.1 Å². The van der Waals surface area contributed by atoms with Gasteiger partial charge in [0.05, 0.1) is 24.4 Å². The highest BCUT2D eigenvalue weighted by molar-refractivity contribution is 6.01. The van der Waals surface area contributed by atoms with Gasteiger partial charge in [0.15, 0.2) is 0 Å². The van der Waals surface area contributed by atoms with Crippen LogP contribution in [0.25, 0.3) is 22.0 Å². The van der Waals surface area contributed by atoms with Crippen molar-refractivity contribution in [2.45, 2.75) is 6.92 Å². The largest absolute Gasteiger partial charge is 0.378 e. The summed E-state index contributed by atoms with van der Waals surface area (Å²) in [6.07, 6.45) is 3.41. The Kier molecular flexibility index (Phi) is 6.38. The molecule has 1 aromatic heterocycles. The second-order valence-electron chi connectivity index (χ2n) is 7.31. The molecule has 0 atom stereocenters. The summed E-state index contributed by atoms with van der Waals surface area (Å²) in [6, 6.07) is 18.2. The molecular formula is C25H26N4O2. The van der Waals surface area contributed by atoms with E-state index in [1.54, 1.807) is 25.4 Å². The van der Waals surface area contributed by atoms with E-state index in [1.807, 2.05) is 25.1 Å². The van der Waals surface area contributed by atoms with Gasteiger partial charge in [-0.3, -0.25) is 9.79 Å². The number of hydrogen-bond donors (Lipinski definition) is 1. The number of rotatable bonds is 5. The molecule has 1 aliphatic rings. The first-order valence-electron chi connectivity index (χ1n) is 10.4. The van der Waals surface area contributed by atoms with Gasteiger partial charge in [-0.1, -0.05) is 42.5 Å². The number of nitrogens with zero attached hydrogens (tertiary/aromatic N) is 3. The Morgan fingerprint density at radius 2 is 1.94 bits per heavy atom. The van der Waals surface area contributed by atoms with Crippen molar-refractivity contribution >= 4 is 28.7 Å². The van der Waals surface area contributed by atoms with Crippen LogP contribution in [0.15, 0.2) is 71.4 Å². The number of aliphatic imine (C=N–C) groups is 1. The van der Waals surface area contributed by atoms with Gasteiger partial charge in [0.1, 0.15) is 5.69 Å². The van der Waals surface area contributed by atoms with Gasteiger partial charge in [-0.05, 0) is 30.7 Å². The van der Waals surface area contributed by atoms with Gasteiger partial charge < -0.3 is 15.0 Å². The minimum atomic E-state index is -0.258. The Balaban J connectivity index is 1.70. The highest BCUT2D eigenvalue weighted by Gasteiger charge is 2.14. The van der Waals surface area contributed by atoms with Crippen molar-refractivity contribution < 1.29 is 9.53 Å². The van der Waals surface area contributed by atoms with Crippen molar-refractivity contribution in [2.24, 2.45) is 4.99 Å². The number of hydrogen-bond acceptors (Lipinski definition) is 5. The second kappa shape index (κ2) is 9.53. The lowest BCUT2D eigenvalue weighted by Gasteiger charge is -2.29. The Hall–Kier alpha value is -3.51. The summed E-state index contributed by atoms with van der Waals surface area (Å²) in [5, 5.41) is 3.84. The van der Waals surface area contributed by atoms with Crippen molar-refractivity contribution in [3.63, 3.8) is 0 Å². The van der Waals surface area contributed by atoms with E-state index in [2.05, 4.69) is 45.5 Å². The van der Waals surface area contributed by atoms with Crippen LogP contribution in [-0.2, 0) is 4.74 Å². The van der Waals surface area contributed by atoms with Gasteiger partial charge in [-0.25, -0.2) is 4.98 Å². The lowest BCUT2D eigenvalue weighted by Crippen LogP contribution is -2.36. The maximum absolute atomic E-state index is 12.7. The SMILES string of the molecule is CC=C(C=NC)NC(=O)c1ccc2cccc(-c3cccc(N4CCOCC4)c3)c2n1. The van der Waals surface area contributed by atoms with Crippen molar-refractivity contribution in [2.75, 3.05) is 38.3 Å². The molecule has 0 aliphatic carbocycles. The molecule has 0 bridgehead atoms. The first-order chi connectivity index (χ1) is 15.2. The van der Waals surface area contributed by atoms with Crippen LogP contribution in [0.3, 0.4) is 0 Å². The molecule has 0 spiro atoms. The molecular weight excluding hydrogens is 388 g/mol. The predicted octanol–water partition coefficient (Wildman–Crippen LogP) is 4.07. The van der Waals surface area contributed by atoms with E-state index in [0.717, 1.165) is 48.3 Å². The molecule has 158 valence electrons. The number of pyridine rings is 1. The van der Waals surface area contributed by atoms with E-state index in [9.17, 15) is 4.79 Å². The van der Waals surface area contributed by atoms with Crippen LogP contribution in [-0.4, -0.2) is 50.5 Å². The first-order valence-corrected chi connectivity index (χ1v) is 10.4. The monoisotopic (exact) mass is 414 g/mol. The fraction of sp³-hybridized carbons (Fsp3) is 0.240. The Morgan fingerprint density at radius 3 is 2.71 bits per heavy atom. The highest BCUT2D eigenvalue weighted by Crippen LogP contribution is 2.30. The number of ether oxygens (including phenoxy) is 1. The number of benzene rings is 2. The van der Waals surface area contributed by atoms with Gasteiger partial charge in [0.2, 0.25) is 0 Å². The molecule has 1 aliphatic heterocycles. The van der Waals surface area contributed by atoms with Gasteiger partial charge >= 0.3 is 0 Å². The Bertz CT molecular complexity index is 1150. The van der Waals surface area contributed by atoms with E-state index < -0.39 is 0 Å². The Labute approximate surface area is 182 Å². The summed E-state index contributed by atoms with van der Waals surface area (Å²) in [6.45, 7) is 5.11. The zero-order valence-electron chi connectivity index (χ0n) is 17.8. The zero-order chi connectivity index (χ0) is 21.6. The molecule has 1 N–H and O–H groups in total. The van der Waals surface area contributed by atoms with Gasteiger partial charge in [-0.2, -0.15) is 0 Å². The first kappa shape index (κ1) is 20.8. The van der Waals surface area contributed by atoms with Crippen LogP contribution < -0.4 is 10.2 Å². The molecule has 4 rings (SSSR count). The third kappa shape index (κ3) is 4.64. The number of fused-ring (bicyclic) bond motifs is 1. The molecule has 2 aromatic carbocycles. The highest BCUT2D eigenvalue weighted by atomic mass is 16.5. The summed E-state index contributed by atoms with van der Waals surface area (Å²) in [7, 11) is 1.67. The number of anilines is 1. The van der Waals surface area contributed by atoms with E-state index in [4.69, 9.17) is 9.72 Å². The molecule has 6 heteroatoms. The van der Waals surface area contributed by atoms with Crippen LogP contribution in [0, 0.1) is 0 Å². The summed E-state index contributed by atoms with van der Waals surface area (Å²) < 4.78 is 5.48. The lowest BCUT2D eigenvalue weighted by atomic mass is 10.0. The van der Waals surface area contributed by atoms with Crippen molar-refractivity contribution in [3.8, 4) is 11.1 Å². The molecule has 1 saturated heterocycles. The van der Waals surface area contributed by atoms with Crippen LogP contribution >= 0.6 is 0 Å². The minimum absolute atomic E-state index is 0.258. The third-order valence-corrected chi connectivity index (χ3v) is 5.32. The minimum Gasteiger partial charge on any atom is -0.378 e. The van der Waals surface area contributed by atoms with Crippen LogP contribution in [0.5, 0.6) is 0 Å². The maximum atomic E-state index is 12.7. The van der Waals surface area contributed by atoms with Gasteiger partial charge in [-0.15, -0.1) is 0 Å². The second-order valence-corrected chi connectivity index (χ2v) is 7.31. The molecule has 1 amide bonds. The number of aromatic nitrogens is 1. The fourth-order valence-corrected chi connectivity index (χ4v) is 3.71. The molecule has 1 fully saturated rings. The molecule has 0 saturated carbocycles. The lowest BCUT2D eigenvalue weighted by molar-refractivity contribution is 0.0963.